The Bertz CT molecular complexity index is 1130. The topological polar surface area (TPSA) is 101 Å². The van der Waals surface area contributed by atoms with Crippen molar-refractivity contribution in [2.45, 2.75) is 17.7 Å². The summed E-state index contributed by atoms with van der Waals surface area (Å²) in [5.74, 6) is 0.711. The van der Waals surface area contributed by atoms with Gasteiger partial charge in [0.2, 0.25) is 15.9 Å². The smallest absolute Gasteiger partial charge is 0.240 e. The van der Waals surface area contributed by atoms with E-state index in [1.165, 1.54) is 12.1 Å². The van der Waals surface area contributed by atoms with E-state index in [9.17, 15) is 13.2 Å². The molecule has 1 aromatic heterocycles. The van der Waals surface area contributed by atoms with Crippen molar-refractivity contribution < 1.29 is 17.6 Å². The first-order valence-electron chi connectivity index (χ1n) is 9.07. The van der Waals surface area contributed by atoms with Gasteiger partial charge in [-0.25, -0.2) is 18.1 Å². The van der Waals surface area contributed by atoms with Crippen molar-refractivity contribution in [2.75, 3.05) is 13.1 Å². The number of oxazole rings is 1. The highest BCUT2D eigenvalue weighted by molar-refractivity contribution is 7.89. The lowest BCUT2D eigenvalue weighted by molar-refractivity contribution is -0.121. The minimum absolute atomic E-state index is 0.0518. The molecule has 0 aliphatic carbocycles. The summed E-state index contributed by atoms with van der Waals surface area (Å²) in [5.41, 5.74) is 0.731. The number of amides is 1. The van der Waals surface area contributed by atoms with Crippen molar-refractivity contribution in [3.05, 3.63) is 70.7 Å². The monoisotopic (exact) mass is 467 g/mol. The van der Waals surface area contributed by atoms with Gasteiger partial charge in [0.15, 0.2) is 11.7 Å². The number of carbonyl (C=O) groups excluding carboxylic acids is 1. The summed E-state index contributed by atoms with van der Waals surface area (Å²) in [4.78, 5) is 16.2. The Labute approximate surface area is 184 Å². The first-order chi connectivity index (χ1) is 14.3. The van der Waals surface area contributed by atoms with Crippen LogP contribution in [0.1, 0.15) is 12.3 Å². The third-order valence-electron chi connectivity index (χ3n) is 4.10. The molecule has 158 valence electrons. The van der Waals surface area contributed by atoms with Gasteiger partial charge in [0.1, 0.15) is 0 Å². The standard InChI is InChI=1S/C20H19Cl2N3O4S/c21-14-4-3-5-15(12-14)30(27,28)25-11-10-23-19(26)8-9-20-24-13-18(29-20)16-6-1-2-7-17(16)22/h1-7,12-13,25H,8-11H2,(H,23,26). The molecular formula is C20H19Cl2N3O4S. The molecule has 0 atom stereocenters. The summed E-state index contributed by atoms with van der Waals surface area (Å²) >= 11 is 12.0. The van der Waals surface area contributed by atoms with E-state index in [1.807, 2.05) is 18.2 Å². The van der Waals surface area contributed by atoms with Crippen LogP contribution in [-0.4, -0.2) is 32.4 Å². The van der Waals surface area contributed by atoms with Crippen LogP contribution in [0, 0.1) is 0 Å². The fourth-order valence-corrected chi connectivity index (χ4v) is 4.19. The van der Waals surface area contributed by atoms with Crippen LogP contribution in [0.4, 0.5) is 0 Å². The molecule has 0 unspecified atom stereocenters. The number of nitrogens with zero attached hydrogens (tertiary/aromatic N) is 1. The Hall–Kier alpha value is -2.39. The van der Waals surface area contributed by atoms with Gasteiger partial charge < -0.3 is 9.73 Å². The van der Waals surface area contributed by atoms with Gasteiger partial charge in [-0.2, -0.15) is 0 Å². The maximum Gasteiger partial charge on any atom is 0.240 e. The number of hydrogen-bond acceptors (Lipinski definition) is 5. The van der Waals surface area contributed by atoms with Crippen LogP contribution in [0.2, 0.25) is 10.0 Å². The molecule has 0 saturated carbocycles. The first kappa shape index (κ1) is 22.3. The molecule has 0 bridgehead atoms. The molecule has 2 N–H and O–H groups in total. The van der Waals surface area contributed by atoms with Crippen LogP contribution >= 0.6 is 23.2 Å². The van der Waals surface area contributed by atoms with Crippen molar-refractivity contribution in [1.82, 2.24) is 15.0 Å². The maximum absolute atomic E-state index is 12.2. The van der Waals surface area contributed by atoms with E-state index in [2.05, 4.69) is 15.0 Å². The Balaban J connectivity index is 1.42. The molecule has 0 spiro atoms. The van der Waals surface area contributed by atoms with E-state index in [0.29, 0.717) is 28.1 Å². The molecule has 2 aromatic carbocycles. The quantitative estimate of drug-likeness (QED) is 0.467. The lowest BCUT2D eigenvalue weighted by Gasteiger charge is -2.08. The Kier molecular flexibility index (Phi) is 7.49. The molecule has 3 aromatic rings. The van der Waals surface area contributed by atoms with Crippen LogP contribution in [0.5, 0.6) is 0 Å². The maximum atomic E-state index is 12.2. The van der Waals surface area contributed by atoms with E-state index in [4.69, 9.17) is 27.6 Å². The summed E-state index contributed by atoms with van der Waals surface area (Å²) in [7, 11) is -3.68. The van der Waals surface area contributed by atoms with Gasteiger partial charge in [-0.3, -0.25) is 4.79 Å². The van der Waals surface area contributed by atoms with Crippen LogP contribution < -0.4 is 10.0 Å². The van der Waals surface area contributed by atoms with Crippen LogP contribution in [0.3, 0.4) is 0 Å². The number of aromatic nitrogens is 1. The Morgan fingerprint density at radius 3 is 2.63 bits per heavy atom. The second-order valence-corrected chi connectivity index (χ2v) is 8.91. The number of halogens is 2. The molecule has 0 aliphatic rings. The van der Waals surface area contributed by atoms with Gasteiger partial charge in [-0.15, -0.1) is 0 Å². The third kappa shape index (κ3) is 6.06. The molecule has 1 heterocycles. The summed E-state index contributed by atoms with van der Waals surface area (Å²) in [6.07, 6.45) is 2.03. The van der Waals surface area contributed by atoms with Gasteiger partial charge in [0, 0.05) is 36.5 Å². The third-order valence-corrected chi connectivity index (χ3v) is 6.13. The second kappa shape index (κ2) is 10.1. The molecule has 1 amide bonds. The molecule has 0 fully saturated rings. The first-order valence-corrected chi connectivity index (χ1v) is 11.3. The molecule has 10 heteroatoms. The van der Waals surface area contributed by atoms with Crippen molar-refractivity contribution in [3.8, 4) is 11.3 Å². The number of nitrogens with one attached hydrogen (secondary N) is 2. The molecule has 30 heavy (non-hydrogen) atoms. The summed E-state index contributed by atoms with van der Waals surface area (Å²) < 4.78 is 32.4. The number of carbonyl (C=O) groups is 1. The number of aryl methyl sites for hydroxylation is 1. The minimum Gasteiger partial charge on any atom is -0.441 e. The van der Waals surface area contributed by atoms with Crippen molar-refractivity contribution in [1.29, 1.82) is 0 Å². The average Bonchev–Trinajstić information content (AvgIpc) is 3.19. The lowest BCUT2D eigenvalue weighted by Crippen LogP contribution is -2.34. The largest absolute Gasteiger partial charge is 0.441 e. The summed E-state index contributed by atoms with van der Waals surface area (Å²) in [6.45, 7) is 0.200. The van der Waals surface area contributed by atoms with E-state index in [-0.39, 0.29) is 30.3 Å². The fraction of sp³-hybridized carbons (Fsp3) is 0.200. The van der Waals surface area contributed by atoms with Gasteiger partial charge in [0.05, 0.1) is 16.1 Å². The van der Waals surface area contributed by atoms with Crippen molar-refractivity contribution in [2.24, 2.45) is 0 Å². The number of benzene rings is 2. The zero-order valence-corrected chi connectivity index (χ0v) is 18.1. The van der Waals surface area contributed by atoms with Gasteiger partial charge in [-0.1, -0.05) is 41.4 Å². The minimum atomic E-state index is -3.68. The van der Waals surface area contributed by atoms with Gasteiger partial charge >= 0.3 is 0 Å². The van der Waals surface area contributed by atoms with Gasteiger partial charge in [-0.05, 0) is 30.3 Å². The predicted octanol–water partition coefficient (Wildman–Crippen LogP) is 3.68. The van der Waals surface area contributed by atoms with E-state index < -0.39 is 10.0 Å². The second-order valence-electron chi connectivity index (χ2n) is 6.30. The van der Waals surface area contributed by atoms with E-state index in [1.54, 1.807) is 24.4 Å². The normalized spacial score (nSPS) is 11.4. The highest BCUT2D eigenvalue weighted by Gasteiger charge is 2.14. The molecule has 0 radical (unpaired) electrons. The molecular weight excluding hydrogens is 449 g/mol. The lowest BCUT2D eigenvalue weighted by atomic mass is 10.2. The molecule has 3 rings (SSSR count). The molecule has 0 saturated heterocycles. The Morgan fingerprint density at radius 2 is 1.87 bits per heavy atom. The molecule has 7 nitrogen and oxygen atoms in total. The molecule has 0 aliphatic heterocycles. The van der Waals surface area contributed by atoms with E-state index in [0.717, 1.165) is 5.56 Å². The van der Waals surface area contributed by atoms with Crippen molar-refractivity contribution in [3.63, 3.8) is 0 Å². The Morgan fingerprint density at radius 1 is 1.07 bits per heavy atom. The summed E-state index contributed by atoms with van der Waals surface area (Å²) in [5, 5.41) is 3.54. The number of hydrogen-bond donors (Lipinski definition) is 2. The zero-order chi connectivity index (χ0) is 21.6. The van der Waals surface area contributed by atoms with Gasteiger partial charge in [0.25, 0.3) is 0 Å². The SMILES string of the molecule is O=C(CCc1ncc(-c2ccccc2Cl)o1)NCCNS(=O)(=O)c1cccc(Cl)c1. The number of sulfonamides is 1. The highest BCUT2D eigenvalue weighted by atomic mass is 35.5. The number of rotatable bonds is 9. The fourth-order valence-electron chi connectivity index (χ4n) is 2.63. The van der Waals surface area contributed by atoms with Crippen molar-refractivity contribution >= 4 is 39.1 Å². The van der Waals surface area contributed by atoms with Crippen LogP contribution in [-0.2, 0) is 21.2 Å². The van der Waals surface area contributed by atoms with Crippen LogP contribution in [0.15, 0.2) is 64.0 Å². The highest BCUT2D eigenvalue weighted by Crippen LogP contribution is 2.28. The zero-order valence-electron chi connectivity index (χ0n) is 15.8. The average molecular weight is 468 g/mol. The van der Waals surface area contributed by atoms with E-state index >= 15 is 0 Å². The summed E-state index contributed by atoms with van der Waals surface area (Å²) in [6, 6.07) is 13.2. The predicted molar refractivity (Wildman–Crippen MR) is 115 cm³/mol. The van der Waals surface area contributed by atoms with Crippen LogP contribution in [0.25, 0.3) is 11.3 Å².